The third-order valence-corrected chi connectivity index (χ3v) is 3.46. The summed E-state index contributed by atoms with van der Waals surface area (Å²) in [5, 5.41) is 3.31. The number of hydrogen-bond acceptors (Lipinski definition) is 3. The normalized spacial score (nSPS) is 20.1. The van der Waals surface area contributed by atoms with Gasteiger partial charge in [0, 0.05) is 26.2 Å². The zero-order valence-corrected chi connectivity index (χ0v) is 11.1. The molecule has 0 amide bonds. The molecule has 0 aliphatic carbocycles. The standard InChI is InChI=1S/C11H21BrN2O/c1-2-3-4-5-10(11(12)15)14-8-6-13-7-9-14/h10,13H,2-9H2,1H3. The Morgan fingerprint density at radius 2 is 2.07 bits per heavy atom. The van der Waals surface area contributed by atoms with Crippen molar-refractivity contribution in [2.75, 3.05) is 26.2 Å². The van der Waals surface area contributed by atoms with Crippen molar-refractivity contribution in [2.45, 2.75) is 38.6 Å². The molecule has 4 heteroatoms. The van der Waals surface area contributed by atoms with Crippen LogP contribution in [-0.2, 0) is 4.79 Å². The van der Waals surface area contributed by atoms with E-state index in [2.05, 4.69) is 33.1 Å². The Morgan fingerprint density at radius 1 is 1.40 bits per heavy atom. The van der Waals surface area contributed by atoms with Crippen LogP contribution in [0.25, 0.3) is 0 Å². The first kappa shape index (κ1) is 13.1. The van der Waals surface area contributed by atoms with Gasteiger partial charge in [-0.25, -0.2) is 0 Å². The first-order valence-electron chi connectivity index (χ1n) is 5.89. The molecule has 0 spiro atoms. The van der Waals surface area contributed by atoms with Gasteiger partial charge in [0.25, 0.3) is 0 Å². The summed E-state index contributed by atoms with van der Waals surface area (Å²) in [6, 6.07) is 0.0960. The number of rotatable bonds is 6. The van der Waals surface area contributed by atoms with E-state index < -0.39 is 0 Å². The zero-order chi connectivity index (χ0) is 11.1. The maximum absolute atomic E-state index is 11.5. The Hall–Kier alpha value is 0.0700. The summed E-state index contributed by atoms with van der Waals surface area (Å²) in [4.78, 5) is 13.8. The highest BCUT2D eigenvalue weighted by Gasteiger charge is 2.24. The van der Waals surface area contributed by atoms with E-state index in [0.29, 0.717) is 0 Å². The molecule has 3 nitrogen and oxygen atoms in total. The molecule has 1 saturated heterocycles. The topological polar surface area (TPSA) is 32.3 Å². The van der Waals surface area contributed by atoms with Crippen LogP contribution >= 0.6 is 15.9 Å². The van der Waals surface area contributed by atoms with Crippen LogP contribution in [0.15, 0.2) is 0 Å². The zero-order valence-electron chi connectivity index (χ0n) is 9.47. The van der Waals surface area contributed by atoms with Crippen molar-refractivity contribution < 1.29 is 4.79 Å². The molecule has 0 radical (unpaired) electrons. The van der Waals surface area contributed by atoms with Crippen molar-refractivity contribution in [1.29, 1.82) is 0 Å². The number of unbranched alkanes of at least 4 members (excludes halogenated alkanes) is 2. The molecule has 0 aromatic heterocycles. The van der Waals surface area contributed by atoms with Crippen LogP contribution in [0.4, 0.5) is 0 Å². The number of piperazine rings is 1. The van der Waals surface area contributed by atoms with Crippen LogP contribution in [0.3, 0.4) is 0 Å². The summed E-state index contributed by atoms with van der Waals surface area (Å²) < 4.78 is 0.153. The molecule has 1 N–H and O–H groups in total. The van der Waals surface area contributed by atoms with E-state index in [0.717, 1.165) is 39.0 Å². The van der Waals surface area contributed by atoms with Gasteiger partial charge < -0.3 is 5.32 Å². The predicted molar refractivity (Wildman–Crippen MR) is 66.3 cm³/mol. The van der Waals surface area contributed by atoms with E-state index in [1.165, 1.54) is 12.8 Å². The molecule has 1 aliphatic heterocycles. The molecule has 0 aromatic rings. The fourth-order valence-corrected chi connectivity index (χ4v) is 2.54. The van der Waals surface area contributed by atoms with Crippen LogP contribution in [-0.4, -0.2) is 41.8 Å². The fourth-order valence-electron chi connectivity index (χ4n) is 2.02. The Kier molecular flexibility index (Phi) is 6.45. The first-order chi connectivity index (χ1) is 7.25. The number of hydrogen-bond donors (Lipinski definition) is 1. The molecule has 0 aromatic carbocycles. The van der Waals surface area contributed by atoms with Gasteiger partial charge in [-0.1, -0.05) is 26.2 Å². The highest BCUT2D eigenvalue weighted by molar-refractivity contribution is 9.18. The maximum Gasteiger partial charge on any atom is 0.214 e. The Bertz CT molecular complexity index is 193. The molecule has 1 rings (SSSR count). The quantitative estimate of drug-likeness (QED) is 0.593. The second-order valence-electron chi connectivity index (χ2n) is 4.10. The number of halogens is 1. The maximum atomic E-state index is 11.5. The van der Waals surface area contributed by atoms with Crippen molar-refractivity contribution in [3.63, 3.8) is 0 Å². The molecule has 88 valence electrons. The predicted octanol–water partition coefficient (Wildman–Crippen LogP) is 1.76. The van der Waals surface area contributed by atoms with Gasteiger partial charge >= 0.3 is 0 Å². The molecular weight excluding hydrogens is 256 g/mol. The molecular formula is C11H21BrN2O. The fraction of sp³-hybridized carbons (Fsp3) is 0.909. The lowest BCUT2D eigenvalue weighted by molar-refractivity contribution is -0.115. The molecule has 1 fully saturated rings. The minimum absolute atomic E-state index is 0.0960. The average Bonchev–Trinajstić information content (AvgIpc) is 2.25. The lowest BCUT2D eigenvalue weighted by atomic mass is 10.1. The second-order valence-corrected chi connectivity index (χ2v) is 4.88. The van der Waals surface area contributed by atoms with Gasteiger partial charge in [0.15, 0.2) is 0 Å². The van der Waals surface area contributed by atoms with Crippen LogP contribution in [0, 0.1) is 0 Å². The number of nitrogens with one attached hydrogen (secondary N) is 1. The molecule has 0 bridgehead atoms. The summed E-state index contributed by atoms with van der Waals surface area (Å²) in [6.45, 7) is 6.19. The minimum atomic E-state index is 0.0960. The van der Waals surface area contributed by atoms with Crippen molar-refractivity contribution in [3.05, 3.63) is 0 Å². The van der Waals surface area contributed by atoms with Crippen LogP contribution in [0.1, 0.15) is 32.6 Å². The highest BCUT2D eigenvalue weighted by Crippen LogP contribution is 2.14. The third-order valence-electron chi connectivity index (χ3n) is 2.94. The lowest BCUT2D eigenvalue weighted by Gasteiger charge is -2.32. The summed E-state index contributed by atoms with van der Waals surface area (Å²) >= 11 is 3.13. The first-order valence-corrected chi connectivity index (χ1v) is 6.69. The van der Waals surface area contributed by atoms with Crippen molar-refractivity contribution in [3.8, 4) is 0 Å². The summed E-state index contributed by atoms with van der Waals surface area (Å²) in [5.41, 5.74) is 0. The van der Waals surface area contributed by atoms with Gasteiger partial charge in [-0.3, -0.25) is 9.69 Å². The highest BCUT2D eigenvalue weighted by atomic mass is 79.9. The third kappa shape index (κ3) is 4.62. The summed E-state index contributed by atoms with van der Waals surface area (Å²) in [5.74, 6) is 0. The van der Waals surface area contributed by atoms with Crippen LogP contribution in [0.5, 0.6) is 0 Å². The van der Waals surface area contributed by atoms with Gasteiger partial charge in [-0.15, -0.1) is 0 Å². The number of nitrogens with zero attached hydrogens (tertiary/aromatic N) is 1. The van der Waals surface area contributed by atoms with E-state index >= 15 is 0 Å². The van der Waals surface area contributed by atoms with Crippen LogP contribution in [0.2, 0.25) is 0 Å². The molecule has 1 atom stereocenters. The Balaban J connectivity index is 2.37. The molecule has 1 aliphatic rings. The number of carbonyl (C=O) groups is 1. The summed E-state index contributed by atoms with van der Waals surface area (Å²) in [7, 11) is 0. The average molecular weight is 277 g/mol. The van der Waals surface area contributed by atoms with E-state index in [9.17, 15) is 4.79 Å². The van der Waals surface area contributed by atoms with Gasteiger partial charge in [-0.05, 0) is 22.4 Å². The van der Waals surface area contributed by atoms with Crippen LogP contribution < -0.4 is 5.32 Å². The molecule has 1 heterocycles. The molecule has 15 heavy (non-hydrogen) atoms. The lowest BCUT2D eigenvalue weighted by Crippen LogP contribution is -2.50. The largest absolute Gasteiger partial charge is 0.314 e. The molecule has 1 unspecified atom stereocenters. The second kappa shape index (κ2) is 7.36. The van der Waals surface area contributed by atoms with E-state index in [-0.39, 0.29) is 10.7 Å². The Labute approximate surface area is 101 Å². The molecule has 0 saturated carbocycles. The van der Waals surface area contributed by atoms with Gasteiger partial charge in [0.2, 0.25) is 4.69 Å². The SMILES string of the molecule is CCCCCC(C(=O)Br)N1CCNCC1. The van der Waals surface area contributed by atoms with E-state index in [4.69, 9.17) is 0 Å². The van der Waals surface area contributed by atoms with Gasteiger partial charge in [0.1, 0.15) is 0 Å². The number of carbonyl (C=O) groups excluding carboxylic acids is 1. The minimum Gasteiger partial charge on any atom is -0.314 e. The van der Waals surface area contributed by atoms with E-state index in [1.807, 2.05) is 0 Å². The van der Waals surface area contributed by atoms with E-state index in [1.54, 1.807) is 0 Å². The van der Waals surface area contributed by atoms with Crippen molar-refractivity contribution in [2.24, 2.45) is 0 Å². The van der Waals surface area contributed by atoms with Crippen molar-refractivity contribution >= 4 is 20.6 Å². The van der Waals surface area contributed by atoms with Crippen molar-refractivity contribution in [1.82, 2.24) is 10.2 Å². The van der Waals surface area contributed by atoms with Gasteiger partial charge in [-0.2, -0.15) is 0 Å². The monoisotopic (exact) mass is 276 g/mol. The Morgan fingerprint density at radius 3 is 2.60 bits per heavy atom. The smallest absolute Gasteiger partial charge is 0.214 e. The summed E-state index contributed by atoms with van der Waals surface area (Å²) in [6.07, 6.45) is 4.59. The van der Waals surface area contributed by atoms with Gasteiger partial charge in [0.05, 0.1) is 6.04 Å².